The molecule has 160 valence electrons. The Morgan fingerprint density at radius 2 is 1.77 bits per heavy atom. The zero-order chi connectivity index (χ0) is 21.9. The lowest BCUT2D eigenvalue weighted by Crippen LogP contribution is -2.23. The molecule has 2 aromatic rings. The predicted octanol–water partition coefficient (Wildman–Crippen LogP) is 2.08. The molecule has 1 amide bonds. The highest BCUT2D eigenvalue weighted by molar-refractivity contribution is 7.96. The van der Waals surface area contributed by atoms with Gasteiger partial charge in [0.2, 0.25) is 0 Å². The highest BCUT2D eigenvalue weighted by Crippen LogP contribution is 2.26. The highest BCUT2D eigenvalue weighted by atomic mass is 32.2. The van der Waals surface area contributed by atoms with Crippen molar-refractivity contribution in [3.8, 4) is 0 Å². The standard InChI is InChI=1S/C20H21NO7S2/c1-2-28-20(23)17-5-3-4-6-18(17)21-19(22)14-7-9-15(10-8-14)30(26,27)16-11-12-29(24,25)13-16/h3-10,16H,2,11-13H2,1H3,(H,21,22)/t16-/m1/s1. The van der Waals surface area contributed by atoms with Crippen LogP contribution in [0.3, 0.4) is 0 Å². The van der Waals surface area contributed by atoms with Crippen LogP contribution in [0.1, 0.15) is 34.1 Å². The molecule has 0 bridgehead atoms. The van der Waals surface area contributed by atoms with Crippen LogP contribution in [0, 0.1) is 0 Å². The van der Waals surface area contributed by atoms with Crippen LogP contribution in [-0.4, -0.2) is 52.1 Å². The molecule has 8 nitrogen and oxygen atoms in total. The molecule has 30 heavy (non-hydrogen) atoms. The molecule has 0 unspecified atom stereocenters. The zero-order valence-electron chi connectivity index (χ0n) is 16.2. The van der Waals surface area contributed by atoms with Gasteiger partial charge in [-0.2, -0.15) is 0 Å². The number of esters is 1. The van der Waals surface area contributed by atoms with Gasteiger partial charge in [0.05, 0.1) is 39.5 Å². The van der Waals surface area contributed by atoms with Crippen LogP contribution in [0.25, 0.3) is 0 Å². The Morgan fingerprint density at radius 1 is 1.10 bits per heavy atom. The number of amides is 1. The number of hydrogen-bond acceptors (Lipinski definition) is 7. The highest BCUT2D eigenvalue weighted by Gasteiger charge is 2.38. The summed E-state index contributed by atoms with van der Waals surface area (Å²) in [6, 6.07) is 11.6. The minimum Gasteiger partial charge on any atom is -0.462 e. The van der Waals surface area contributed by atoms with Crippen LogP contribution in [0.4, 0.5) is 5.69 Å². The first-order valence-corrected chi connectivity index (χ1v) is 12.6. The minimum absolute atomic E-state index is 0.0342. The number of rotatable bonds is 6. The summed E-state index contributed by atoms with van der Waals surface area (Å²) in [5.41, 5.74) is 0.662. The van der Waals surface area contributed by atoms with Crippen molar-refractivity contribution in [1.29, 1.82) is 0 Å². The summed E-state index contributed by atoms with van der Waals surface area (Å²) in [6.45, 7) is 1.87. The van der Waals surface area contributed by atoms with E-state index in [0.717, 1.165) is 0 Å². The SMILES string of the molecule is CCOC(=O)c1ccccc1NC(=O)c1ccc(S(=O)(=O)[C@@H]2CCS(=O)(=O)C2)cc1. The molecule has 0 saturated carbocycles. The summed E-state index contributed by atoms with van der Waals surface area (Å²) in [5, 5.41) is 1.65. The number of benzene rings is 2. The van der Waals surface area contributed by atoms with Gasteiger partial charge < -0.3 is 10.1 Å². The molecule has 0 aliphatic carbocycles. The second kappa shape index (κ2) is 8.57. The molecule has 1 fully saturated rings. The van der Waals surface area contributed by atoms with E-state index in [9.17, 15) is 26.4 Å². The van der Waals surface area contributed by atoms with Gasteiger partial charge in [-0.25, -0.2) is 21.6 Å². The monoisotopic (exact) mass is 451 g/mol. The van der Waals surface area contributed by atoms with Gasteiger partial charge in [0.15, 0.2) is 19.7 Å². The molecule has 1 N–H and O–H groups in total. The molecule has 0 radical (unpaired) electrons. The molecule has 1 atom stereocenters. The predicted molar refractivity (Wildman–Crippen MR) is 111 cm³/mol. The lowest BCUT2D eigenvalue weighted by atomic mass is 10.1. The third-order valence-corrected chi connectivity index (χ3v) is 8.93. The van der Waals surface area contributed by atoms with Crippen molar-refractivity contribution in [2.24, 2.45) is 0 Å². The Kier molecular flexibility index (Phi) is 6.27. The molecule has 0 aromatic heterocycles. The van der Waals surface area contributed by atoms with Crippen LogP contribution in [0.2, 0.25) is 0 Å². The van der Waals surface area contributed by atoms with E-state index in [1.807, 2.05) is 0 Å². The van der Waals surface area contributed by atoms with Gasteiger partial charge in [0.25, 0.3) is 5.91 Å². The van der Waals surface area contributed by atoms with Crippen molar-refractivity contribution < 1.29 is 31.2 Å². The number of nitrogens with one attached hydrogen (secondary N) is 1. The lowest BCUT2D eigenvalue weighted by Gasteiger charge is -2.12. The number of sulfone groups is 2. The first-order chi connectivity index (χ1) is 14.1. The normalized spacial score (nSPS) is 18.0. The Balaban J connectivity index is 1.78. The average Bonchev–Trinajstić information content (AvgIpc) is 3.09. The summed E-state index contributed by atoms with van der Waals surface area (Å²) in [6.07, 6.45) is 0.0670. The molecule has 1 aliphatic rings. The number of ether oxygens (including phenoxy) is 1. The third-order valence-electron chi connectivity index (χ3n) is 4.75. The Morgan fingerprint density at radius 3 is 2.37 bits per heavy atom. The van der Waals surface area contributed by atoms with Gasteiger partial charge >= 0.3 is 5.97 Å². The lowest BCUT2D eigenvalue weighted by molar-refractivity contribution is 0.0527. The van der Waals surface area contributed by atoms with Crippen molar-refractivity contribution in [2.75, 3.05) is 23.4 Å². The molecule has 0 spiro atoms. The Labute approximate surface area is 175 Å². The first kappa shape index (κ1) is 22.0. The summed E-state index contributed by atoms with van der Waals surface area (Å²) < 4.78 is 53.5. The van der Waals surface area contributed by atoms with Crippen molar-refractivity contribution in [1.82, 2.24) is 0 Å². The minimum atomic E-state index is -3.81. The smallest absolute Gasteiger partial charge is 0.340 e. The van der Waals surface area contributed by atoms with Crippen LogP contribution < -0.4 is 5.32 Å². The third kappa shape index (κ3) is 4.71. The van der Waals surface area contributed by atoms with E-state index in [-0.39, 0.29) is 46.2 Å². The molecule has 1 heterocycles. The molecule has 2 aromatic carbocycles. The van der Waals surface area contributed by atoms with E-state index >= 15 is 0 Å². The van der Waals surface area contributed by atoms with Gasteiger partial charge in [-0.3, -0.25) is 4.79 Å². The van der Waals surface area contributed by atoms with Crippen LogP contribution >= 0.6 is 0 Å². The fourth-order valence-electron chi connectivity index (χ4n) is 3.17. The number of anilines is 1. The van der Waals surface area contributed by atoms with Crippen molar-refractivity contribution in [3.05, 3.63) is 59.7 Å². The zero-order valence-corrected chi connectivity index (χ0v) is 17.8. The summed E-state index contributed by atoms with van der Waals surface area (Å²) in [4.78, 5) is 24.6. The average molecular weight is 452 g/mol. The first-order valence-electron chi connectivity index (χ1n) is 9.26. The molecule has 3 rings (SSSR count). The van der Waals surface area contributed by atoms with Crippen molar-refractivity contribution >= 4 is 37.2 Å². The van der Waals surface area contributed by atoms with Gasteiger partial charge in [-0.1, -0.05) is 12.1 Å². The maximum absolute atomic E-state index is 12.7. The van der Waals surface area contributed by atoms with E-state index in [1.54, 1.807) is 25.1 Å². The summed E-state index contributed by atoms with van der Waals surface area (Å²) in [5.74, 6) is -1.63. The Hall–Kier alpha value is -2.72. The molecular weight excluding hydrogens is 430 g/mol. The van der Waals surface area contributed by atoms with Crippen molar-refractivity contribution in [3.63, 3.8) is 0 Å². The molecule has 10 heteroatoms. The number of hydrogen-bond donors (Lipinski definition) is 1. The number of carbonyl (C=O) groups excluding carboxylic acids is 2. The second-order valence-corrected chi connectivity index (χ2v) is 11.3. The van der Waals surface area contributed by atoms with E-state index < -0.39 is 36.8 Å². The topological polar surface area (TPSA) is 124 Å². The summed E-state index contributed by atoms with van der Waals surface area (Å²) in [7, 11) is -7.15. The molecule has 1 saturated heterocycles. The van der Waals surface area contributed by atoms with E-state index in [1.165, 1.54) is 30.3 Å². The van der Waals surface area contributed by atoms with Crippen LogP contribution in [0.15, 0.2) is 53.4 Å². The van der Waals surface area contributed by atoms with E-state index in [0.29, 0.717) is 0 Å². The maximum atomic E-state index is 12.7. The van der Waals surface area contributed by atoms with Crippen LogP contribution in [0.5, 0.6) is 0 Å². The number of para-hydroxylation sites is 1. The fraction of sp³-hybridized carbons (Fsp3) is 0.300. The van der Waals surface area contributed by atoms with Gasteiger partial charge in [0, 0.05) is 5.56 Å². The Bertz CT molecular complexity index is 1170. The van der Waals surface area contributed by atoms with Crippen molar-refractivity contribution in [2.45, 2.75) is 23.5 Å². The van der Waals surface area contributed by atoms with Gasteiger partial charge in [-0.15, -0.1) is 0 Å². The second-order valence-electron chi connectivity index (χ2n) is 6.81. The van der Waals surface area contributed by atoms with Gasteiger partial charge in [0.1, 0.15) is 0 Å². The van der Waals surface area contributed by atoms with Crippen LogP contribution in [-0.2, 0) is 24.4 Å². The fourth-order valence-corrected chi connectivity index (χ4v) is 7.53. The number of carbonyl (C=O) groups is 2. The quantitative estimate of drug-likeness (QED) is 0.667. The maximum Gasteiger partial charge on any atom is 0.340 e. The van der Waals surface area contributed by atoms with E-state index in [2.05, 4.69) is 5.32 Å². The summed E-state index contributed by atoms with van der Waals surface area (Å²) >= 11 is 0. The molecular formula is C20H21NO7S2. The largest absolute Gasteiger partial charge is 0.462 e. The van der Waals surface area contributed by atoms with E-state index in [4.69, 9.17) is 4.74 Å². The molecule has 1 aliphatic heterocycles. The van der Waals surface area contributed by atoms with Gasteiger partial charge in [-0.05, 0) is 49.7 Å².